The van der Waals surface area contributed by atoms with Crippen LogP contribution in [0.5, 0.6) is 0 Å². The van der Waals surface area contributed by atoms with E-state index in [1.54, 1.807) is 10.9 Å². The van der Waals surface area contributed by atoms with Gasteiger partial charge in [-0.15, -0.1) is 0 Å². The Balaban J connectivity index is 2.81. The number of nitrogen functional groups attached to an aromatic ring is 1. The quantitative estimate of drug-likeness (QED) is 0.712. The molecule has 0 unspecified atom stereocenters. The zero-order valence-corrected chi connectivity index (χ0v) is 9.57. The second kappa shape index (κ2) is 2.95. The van der Waals surface area contributed by atoms with Gasteiger partial charge in [0.2, 0.25) is 0 Å². The fourth-order valence-electron chi connectivity index (χ4n) is 1.71. The summed E-state index contributed by atoms with van der Waals surface area (Å²) in [6, 6.07) is 1.94. The van der Waals surface area contributed by atoms with Crippen LogP contribution >= 0.6 is 0 Å². The highest BCUT2D eigenvalue weighted by Crippen LogP contribution is 2.28. The molecule has 80 valence electrons. The van der Waals surface area contributed by atoms with Crippen molar-refractivity contribution in [3.8, 4) is 0 Å². The predicted molar refractivity (Wildman–Crippen MR) is 61.6 cm³/mol. The van der Waals surface area contributed by atoms with Crippen LogP contribution in [0.15, 0.2) is 12.3 Å². The molecule has 2 heterocycles. The van der Waals surface area contributed by atoms with Crippen molar-refractivity contribution in [3.05, 3.63) is 18.0 Å². The highest BCUT2D eigenvalue weighted by atomic mass is 15.3. The number of nitrogens with two attached hydrogens (primary N) is 1. The Bertz CT molecular complexity index is 505. The van der Waals surface area contributed by atoms with E-state index in [-0.39, 0.29) is 5.41 Å². The lowest BCUT2D eigenvalue weighted by Gasteiger charge is -2.15. The number of fused-ring (bicyclic) bond motifs is 1. The number of anilines is 1. The van der Waals surface area contributed by atoms with Gasteiger partial charge in [0, 0.05) is 17.8 Å². The molecule has 0 saturated heterocycles. The van der Waals surface area contributed by atoms with Crippen molar-refractivity contribution in [2.45, 2.75) is 26.2 Å². The molecule has 0 aliphatic carbocycles. The lowest BCUT2D eigenvalue weighted by Crippen LogP contribution is -2.12. The molecular formula is C11H16N4. The second-order valence-electron chi connectivity index (χ2n) is 4.86. The minimum Gasteiger partial charge on any atom is -0.397 e. The Morgan fingerprint density at radius 2 is 2.00 bits per heavy atom. The van der Waals surface area contributed by atoms with Crippen molar-refractivity contribution in [1.29, 1.82) is 0 Å². The molecule has 4 nitrogen and oxygen atoms in total. The normalized spacial score (nSPS) is 12.3. The molecule has 0 aromatic carbocycles. The molecule has 2 N–H and O–H groups in total. The van der Waals surface area contributed by atoms with Crippen molar-refractivity contribution in [2.75, 3.05) is 5.73 Å². The summed E-state index contributed by atoms with van der Waals surface area (Å²) in [5.41, 5.74) is 8.36. The van der Waals surface area contributed by atoms with E-state index < -0.39 is 0 Å². The molecule has 2 rings (SSSR count). The zero-order chi connectivity index (χ0) is 11.2. The van der Waals surface area contributed by atoms with Gasteiger partial charge in [0.25, 0.3) is 0 Å². The molecule has 0 amide bonds. The van der Waals surface area contributed by atoms with Crippen molar-refractivity contribution in [2.24, 2.45) is 7.05 Å². The Morgan fingerprint density at radius 1 is 1.33 bits per heavy atom. The number of rotatable bonds is 0. The third kappa shape index (κ3) is 1.56. The van der Waals surface area contributed by atoms with Crippen LogP contribution in [-0.4, -0.2) is 14.8 Å². The molecule has 0 aliphatic rings. The van der Waals surface area contributed by atoms with Gasteiger partial charge in [-0.3, -0.25) is 4.68 Å². The smallest absolute Gasteiger partial charge is 0.157 e. The maximum absolute atomic E-state index is 5.75. The van der Waals surface area contributed by atoms with Crippen LogP contribution in [0.2, 0.25) is 0 Å². The van der Waals surface area contributed by atoms with Gasteiger partial charge < -0.3 is 5.73 Å². The average molecular weight is 204 g/mol. The number of aromatic nitrogens is 3. The summed E-state index contributed by atoms with van der Waals surface area (Å²) >= 11 is 0. The van der Waals surface area contributed by atoms with Crippen LogP contribution in [0.4, 0.5) is 5.69 Å². The first-order chi connectivity index (χ1) is 6.89. The molecule has 15 heavy (non-hydrogen) atoms. The van der Waals surface area contributed by atoms with Gasteiger partial charge in [0.05, 0.1) is 17.6 Å². The van der Waals surface area contributed by atoms with Gasteiger partial charge >= 0.3 is 0 Å². The monoisotopic (exact) mass is 204 g/mol. The third-order valence-corrected chi connectivity index (χ3v) is 2.41. The second-order valence-corrected chi connectivity index (χ2v) is 4.86. The molecule has 4 heteroatoms. The first-order valence-corrected chi connectivity index (χ1v) is 4.98. The van der Waals surface area contributed by atoms with Crippen molar-refractivity contribution in [3.63, 3.8) is 0 Å². The predicted octanol–water partition coefficient (Wildman–Crippen LogP) is 1.85. The summed E-state index contributed by atoms with van der Waals surface area (Å²) in [6.45, 7) is 6.41. The maximum Gasteiger partial charge on any atom is 0.157 e. The lowest BCUT2D eigenvalue weighted by atomic mass is 9.90. The number of hydrogen-bond acceptors (Lipinski definition) is 3. The Labute approximate surface area is 89.1 Å². The van der Waals surface area contributed by atoms with E-state index in [1.165, 1.54) is 0 Å². The maximum atomic E-state index is 5.75. The van der Waals surface area contributed by atoms with E-state index in [2.05, 4.69) is 30.9 Å². The summed E-state index contributed by atoms with van der Waals surface area (Å²) in [5.74, 6) is 0. The van der Waals surface area contributed by atoms with Crippen molar-refractivity contribution >= 4 is 16.7 Å². The van der Waals surface area contributed by atoms with E-state index >= 15 is 0 Å². The van der Waals surface area contributed by atoms with Gasteiger partial charge in [-0.1, -0.05) is 20.8 Å². The Kier molecular flexibility index (Phi) is 1.96. The van der Waals surface area contributed by atoms with Crippen LogP contribution < -0.4 is 5.73 Å². The van der Waals surface area contributed by atoms with E-state index in [4.69, 9.17) is 5.73 Å². The fourth-order valence-corrected chi connectivity index (χ4v) is 1.71. The number of hydrogen-bond donors (Lipinski definition) is 1. The first-order valence-electron chi connectivity index (χ1n) is 4.98. The van der Waals surface area contributed by atoms with Gasteiger partial charge in [0.15, 0.2) is 5.65 Å². The summed E-state index contributed by atoms with van der Waals surface area (Å²) in [4.78, 5) is 4.29. The van der Waals surface area contributed by atoms with E-state index in [9.17, 15) is 0 Å². The fraction of sp³-hybridized carbons (Fsp3) is 0.455. The zero-order valence-electron chi connectivity index (χ0n) is 9.57. The molecule has 2 aromatic heterocycles. The van der Waals surface area contributed by atoms with E-state index in [0.717, 1.165) is 16.7 Å². The standard InChI is InChI=1S/C11H16N4/c1-11(2,3)9-8-5-7(12)6-13-10(8)15(4)14-9/h5-6H,12H2,1-4H3. The Morgan fingerprint density at radius 3 is 2.60 bits per heavy atom. The molecular weight excluding hydrogens is 188 g/mol. The minimum absolute atomic E-state index is 0.00891. The summed E-state index contributed by atoms with van der Waals surface area (Å²) < 4.78 is 1.80. The van der Waals surface area contributed by atoms with Crippen LogP contribution in [0.25, 0.3) is 11.0 Å². The summed E-state index contributed by atoms with van der Waals surface area (Å²) in [5, 5.41) is 5.55. The van der Waals surface area contributed by atoms with Gasteiger partial charge in [-0.05, 0) is 6.07 Å². The van der Waals surface area contributed by atoms with Crippen LogP contribution in [-0.2, 0) is 12.5 Å². The summed E-state index contributed by atoms with van der Waals surface area (Å²) in [6.07, 6.45) is 1.66. The molecule has 0 saturated carbocycles. The lowest BCUT2D eigenvalue weighted by molar-refractivity contribution is 0.558. The Hall–Kier alpha value is -1.58. The number of aryl methyl sites for hydroxylation is 1. The average Bonchev–Trinajstić information content (AvgIpc) is 2.42. The molecule has 0 aliphatic heterocycles. The first kappa shape index (κ1) is 9.96. The van der Waals surface area contributed by atoms with Gasteiger partial charge in [-0.25, -0.2) is 4.98 Å². The van der Waals surface area contributed by atoms with E-state index in [1.807, 2.05) is 13.1 Å². The largest absolute Gasteiger partial charge is 0.397 e. The van der Waals surface area contributed by atoms with Crippen LogP contribution in [0, 0.1) is 0 Å². The number of pyridine rings is 1. The van der Waals surface area contributed by atoms with Crippen LogP contribution in [0.3, 0.4) is 0 Å². The minimum atomic E-state index is 0.00891. The third-order valence-electron chi connectivity index (χ3n) is 2.41. The molecule has 2 aromatic rings. The molecule has 0 spiro atoms. The molecule has 0 atom stereocenters. The molecule has 0 fully saturated rings. The number of nitrogens with zero attached hydrogens (tertiary/aromatic N) is 3. The van der Waals surface area contributed by atoms with Crippen LogP contribution in [0.1, 0.15) is 26.5 Å². The SMILES string of the molecule is Cn1nc(C(C)(C)C)c2cc(N)cnc21. The highest BCUT2D eigenvalue weighted by molar-refractivity contribution is 5.82. The molecule has 0 radical (unpaired) electrons. The van der Waals surface area contributed by atoms with E-state index in [0.29, 0.717) is 5.69 Å². The van der Waals surface area contributed by atoms with Gasteiger partial charge in [-0.2, -0.15) is 5.10 Å². The highest BCUT2D eigenvalue weighted by Gasteiger charge is 2.22. The van der Waals surface area contributed by atoms with Gasteiger partial charge in [0.1, 0.15) is 0 Å². The summed E-state index contributed by atoms with van der Waals surface area (Å²) in [7, 11) is 1.90. The van der Waals surface area contributed by atoms with Crippen molar-refractivity contribution < 1.29 is 0 Å². The molecule has 0 bridgehead atoms. The topological polar surface area (TPSA) is 56.7 Å². The van der Waals surface area contributed by atoms with Crippen molar-refractivity contribution in [1.82, 2.24) is 14.8 Å².